The predicted molar refractivity (Wildman–Crippen MR) is 50.2 cm³/mol. The van der Waals surface area contributed by atoms with E-state index in [0.29, 0.717) is 5.75 Å². The van der Waals surface area contributed by atoms with Crippen LogP contribution in [0.2, 0.25) is 0 Å². The summed E-state index contributed by atoms with van der Waals surface area (Å²) in [5, 5.41) is 11.9. The molecule has 12 heavy (non-hydrogen) atoms. The number of phenolic OH excluding ortho intramolecular Hbond substituents is 1. The summed E-state index contributed by atoms with van der Waals surface area (Å²) in [7, 11) is 0. The fraction of sp³-hybridized carbons (Fsp3) is 0.400. The molecule has 0 spiro atoms. The Morgan fingerprint density at radius 2 is 1.58 bits per heavy atom. The van der Waals surface area contributed by atoms with Gasteiger partial charge in [-0.25, -0.2) is 0 Å². The van der Waals surface area contributed by atoms with Crippen molar-refractivity contribution in [2.45, 2.75) is 12.8 Å². The zero-order chi connectivity index (χ0) is 8.65. The quantitative estimate of drug-likeness (QED) is 0.614. The van der Waals surface area contributed by atoms with Crippen molar-refractivity contribution in [1.82, 2.24) is 5.32 Å². The van der Waals surface area contributed by atoms with Crippen molar-refractivity contribution in [3.63, 3.8) is 0 Å². The average Bonchev–Trinajstić information content (AvgIpc) is 2.62. The minimum Gasteiger partial charge on any atom is -0.508 e. The fourth-order valence-electron chi connectivity index (χ4n) is 1.05. The summed E-state index contributed by atoms with van der Waals surface area (Å²) in [6, 6.07) is 8.71. The van der Waals surface area contributed by atoms with Gasteiger partial charge in [0.05, 0.1) is 0 Å². The molecule has 2 nitrogen and oxygen atoms in total. The van der Waals surface area contributed by atoms with E-state index >= 15 is 0 Å². The predicted octanol–water partition coefficient (Wildman–Crippen LogP) is 1.76. The largest absolute Gasteiger partial charge is 0.508 e. The molecule has 0 saturated carbocycles. The van der Waals surface area contributed by atoms with Crippen LogP contribution in [0.1, 0.15) is 12.8 Å². The summed E-state index contributed by atoms with van der Waals surface area (Å²) in [4.78, 5) is 0. The highest BCUT2D eigenvalue weighted by Crippen LogP contribution is 2.02. The zero-order valence-corrected chi connectivity index (χ0v) is 7.16. The number of hydrogen-bond donors (Lipinski definition) is 2. The maximum Gasteiger partial charge on any atom is 0.115 e. The van der Waals surface area contributed by atoms with Gasteiger partial charge < -0.3 is 10.4 Å². The Kier molecular flexibility index (Phi) is 4.24. The van der Waals surface area contributed by atoms with E-state index in [-0.39, 0.29) is 0 Å². The Bertz CT molecular complexity index is 187. The molecule has 0 atom stereocenters. The van der Waals surface area contributed by atoms with Crippen LogP contribution in [-0.2, 0) is 0 Å². The Morgan fingerprint density at radius 3 is 1.83 bits per heavy atom. The third kappa shape index (κ3) is 3.98. The summed E-state index contributed by atoms with van der Waals surface area (Å²) in [5.41, 5.74) is 0. The van der Waals surface area contributed by atoms with Gasteiger partial charge in [-0.1, -0.05) is 18.2 Å². The molecule has 1 saturated heterocycles. The highest BCUT2D eigenvalue weighted by Gasteiger charge is 1.93. The molecule has 0 bridgehead atoms. The number of benzene rings is 1. The molecular formula is C10H15NO. The lowest BCUT2D eigenvalue weighted by Crippen LogP contribution is -2.03. The van der Waals surface area contributed by atoms with E-state index in [0.717, 1.165) is 0 Å². The van der Waals surface area contributed by atoms with Gasteiger partial charge in [-0.2, -0.15) is 0 Å². The molecule has 0 unspecified atom stereocenters. The van der Waals surface area contributed by atoms with Gasteiger partial charge in [0.1, 0.15) is 5.75 Å². The third-order valence-electron chi connectivity index (χ3n) is 1.71. The van der Waals surface area contributed by atoms with Gasteiger partial charge in [0, 0.05) is 0 Å². The minimum atomic E-state index is 0.322. The maximum atomic E-state index is 8.63. The number of nitrogens with one attached hydrogen (secondary N) is 1. The average molecular weight is 165 g/mol. The Hall–Kier alpha value is -1.02. The van der Waals surface area contributed by atoms with Crippen LogP contribution < -0.4 is 5.32 Å². The van der Waals surface area contributed by atoms with Crippen molar-refractivity contribution in [2.75, 3.05) is 13.1 Å². The van der Waals surface area contributed by atoms with E-state index in [4.69, 9.17) is 5.11 Å². The fourth-order valence-corrected chi connectivity index (χ4v) is 1.05. The topological polar surface area (TPSA) is 32.3 Å². The molecular weight excluding hydrogens is 150 g/mol. The van der Waals surface area contributed by atoms with Crippen LogP contribution in [0.15, 0.2) is 30.3 Å². The number of rotatable bonds is 0. The molecule has 1 aromatic carbocycles. The highest BCUT2D eigenvalue weighted by molar-refractivity contribution is 5.18. The molecule has 2 rings (SSSR count). The highest BCUT2D eigenvalue weighted by atomic mass is 16.3. The van der Waals surface area contributed by atoms with Crippen LogP contribution in [-0.4, -0.2) is 18.2 Å². The molecule has 0 amide bonds. The third-order valence-corrected chi connectivity index (χ3v) is 1.71. The van der Waals surface area contributed by atoms with Crippen molar-refractivity contribution in [2.24, 2.45) is 0 Å². The van der Waals surface area contributed by atoms with Gasteiger partial charge in [0.15, 0.2) is 0 Å². The van der Waals surface area contributed by atoms with Gasteiger partial charge in [-0.15, -0.1) is 0 Å². The molecule has 1 heterocycles. The van der Waals surface area contributed by atoms with E-state index in [1.165, 1.54) is 25.9 Å². The number of para-hydroxylation sites is 1. The van der Waals surface area contributed by atoms with E-state index < -0.39 is 0 Å². The number of phenols is 1. The summed E-state index contributed by atoms with van der Waals surface area (Å²) in [5.74, 6) is 0.322. The van der Waals surface area contributed by atoms with Crippen LogP contribution >= 0.6 is 0 Å². The van der Waals surface area contributed by atoms with E-state index in [9.17, 15) is 0 Å². The van der Waals surface area contributed by atoms with Gasteiger partial charge in [0.25, 0.3) is 0 Å². The lowest BCUT2D eigenvalue weighted by Gasteiger charge is -1.82. The van der Waals surface area contributed by atoms with Crippen molar-refractivity contribution in [3.05, 3.63) is 30.3 Å². The summed E-state index contributed by atoms with van der Waals surface area (Å²) >= 11 is 0. The summed E-state index contributed by atoms with van der Waals surface area (Å²) in [6.45, 7) is 2.50. The molecule has 1 aromatic rings. The van der Waals surface area contributed by atoms with E-state index in [1.807, 2.05) is 6.07 Å². The second kappa shape index (κ2) is 5.61. The van der Waals surface area contributed by atoms with E-state index in [2.05, 4.69) is 5.32 Å². The second-order valence-corrected chi connectivity index (χ2v) is 2.79. The molecule has 2 heteroatoms. The Morgan fingerprint density at radius 1 is 1.00 bits per heavy atom. The monoisotopic (exact) mass is 165 g/mol. The molecule has 0 aromatic heterocycles. The van der Waals surface area contributed by atoms with Gasteiger partial charge in [-0.3, -0.25) is 0 Å². The molecule has 1 fully saturated rings. The Labute approximate surface area is 73.2 Å². The number of hydrogen-bond acceptors (Lipinski definition) is 2. The Balaban J connectivity index is 0.000000127. The first-order chi connectivity index (χ1) is 5.89. The molecule has 66 valence electrons. The first-order valence-corrected chi connectivity index (χ1v) is 4.34. The summed E-state index contributed by atoms with van der Waals surface area (Å²) in [6.07, 6.45) is 2.78. The van der Waals surface area contributed by atoms with Crippen LogP contribution in [0.25, 0.3) is 0 Å². The first-order valence-electron chi connectivity index (χ1n) is 4.34. The normalized spacial score (nSPS) is 15.0. The lowest BCUT2D eigenvalue weighted by atomic mass is 10.3. The smallest absolute Gasteiger partial charge is 0.115 e. The second-order valence-electron chi connectivity index (χ2n) is 2.79. The first kappa shape index (κ1) is 9.07. The van der Waals surface area contributed by atoms with Gasteiger partial charge in [-0.05, 0) is 38.1 Å². The maximum absolute atomic E-state index is 8.63. The van der Waals surface area contributed by atoms with Crippen LogP contribution in [0, 0.1) is 0 Å². The minimum absolute atomic E-state index is 0.322. The number of aromatic hydroxyl groups is 1. The van der Waals surface area contributed by atoms with Crippen molar-refractivity contribution in [3.8, 4) is 5.75 Å². The molecule has 0 aliphatic carbocycles. The standard InChI is InChI=1S/C6H6O.C4H9N/c7-6-4-2-1-3-5-6;1-2-4-5-3-1/h1-5,7H;5H,1-4H2. The molecule has 2 N–H and O–H groups in total. The van der Waals surface area contributed by atoms with Crippen molar-refractivity contribution in [1.29, 1.82) is 0 Å². The van der Waals surface area contributed by atoms with Crippen molar-refractivity contribution < 1.29 is 5.11 Å². The summed E-state index contributed by atoms with van der Waals surface area (Å²) < 4.78 is 0. The van der Waals surface area contributed by atoms with Gasteiger partial charge >= 0.3 is 0 Å². The van der Waals surface area contributed by atoms with E-state index in [1.54, 1.807) is 24.3 Å². The van der Waals surface area contributed by atoms with Crippen molar-refractivity contribution >= 4 is 0 Å². The SMILES string of the molecule is C1CCNC1.Oc1ccccc1. The van der Waals surface area contributed by atoms with Crippen LogP contribution in [0.5, 0.6) is 5.75 Å². The van der Waals surface area contributed by atoms with Crippen LogP contribution in [0.3, 0.4) is 0 Å². The lowest BCUT2D eigenvalue weighted by molar-refractivity contribution is 0.475. The molecule has 1 aliphatic heterocycles. The molecule has 0 radical (unpaired) electrons. The van der Waals surface area contributed by atoms with Gasteiger partial charge in [0.2, 0.25) is 0 Å². The molecule has 1 aliphatic rings. The van der Waals surface area contributed by atoms with Crippen LogP contribution in [0.4, 0.5) is 0 Å². The zero-order valence-electron chi connectivity index (χ0n) is 7.16.